The molecular weight excluding hydrogens is 330 g/mol. The van der Waals surface area contributed by atoms with E-state index in [2.05, 4.69) is 21.2 Å². The molecule has 0 radical (unpaired) electrons. The lowest BCUT2D eigenvalue weighted by atomic mass is 9.92. The fourth-order valence-corrected chi connectivity index (χ4v) is 2.98. The second-order valence-corrected chi connectivity index (χ2v) is 5.91. The summed E-state index contributed by atoms with van der Waals surface area (Å²) in [7, 11) is 0. The summed E-state index contributed by atoms with van der Waals surface area (Å²) < 4.78 is 5.36. The van der Waals surface area contributed by atoms with Gasteiger partial charge in [-0.05, 0) is 37.5 Å². The van der Waals surface area contributed by atoms with Crippen molar-refractivity contribution in [2.45, 2.75) is 25.3 Å². The predicted octanol–water partition coefficient (Wildman–Crippen LogP) is 3.32. The van der Waals surface area contributed by atoms with Crippen LogP contribution in [0, 0.1) is 6.92 Å². The fraction of sp³-hybridized carbons (Fsp3) is 0.500. The van der Waals surface area contributed by atoms with Gasteiger partial charge in [0.2, 0.25) is 0 Å². The van der Waals surface area contributed by atoms with Gasteiger partial charge in [-0.25, -0.2) is 0 Å². The third-order valence-corrected chi connectivity index (χ3v) is 5.00. The highest BCUT2D eigenvalue weighted by Gasteiger charge is 2.33. The third kappa shape index (κ3) is 3.50. The summed E-state index contributed by atoms with van der Waals surface area (Å²) in [5.74, 6) is -0.0803. The molecule has 1 aliphatic heterocycles. The fourth-order valence-electron chi connectivity index (χ4n) is 2.10. The Morgan fingerprint density at radius 1 is 1.47 bits per heavy atom. The minimum absolute atomic E-state index is 0.0803. The van der Waals surface area contributed by atoms with Gasteiger partial charge >= 0.3 is 0 Å². The van der Waals surface area contributed by atoms with Crippen LogP contribution < -0.4 is 5.32 Å². The van der Waals surface area contributed by atoms with Gasteiger partial charge in [0, 0.05) is 29.1 Å². The van der Waals surface area contributed by atoms with Crippen LogP contribution in [0.1, 0.15) is 28.8 Å². The smallest absolute Gasteiger partial charge is 0.251 e. The number of benzene rings is 1. The highest BCUT2D eigenvalue weighted by molar-refractivity contribution is 9.09. The highest BCUT2D eigenvalue weighted by atomic mass is 79.9. The number of carbonyl (C=O) groups excluding carboxylic acids is 1. The van der Waals surface area contributed by atoms with Crippen molar-refractivity contribution in [3.8, 4) is 0 Å². The lowest BCUT2D eigenvalue weighted by Gasteiger charge is -2.36. The second-order valence-electron chi connectivity index (χ2n) is 4.94. The number of hydrogen-bond donors (Lipinski definition) is 1. The molecule has 0 aromatic heterocycles. The van der Waals surface area contributed by atoms with Crippen LogP contribution in [0.3, 0.4) is 0 Å². The molecule has 0 aliphatic carbocycles. The number of nitrogens with one attached hydrogen (secondary N) is 1. The van der Waals surface area contributed by atoms with Crippen LogP contribution in [-0.4, -0.2) is 30.0 Å². The van der Waals surface area contributed by atoms with E-state index in [-0.39, 0.29) is 11.4 Å². The summed E-state index contributed by atoms with van der Waals surface area (Å²) in [6, 6.07) is 5.38. The number of amides is 1. The Morgan fingerprint density at radius 2 is 2.16 bits per heavy atom. The summed E-state index contributed by atoms with van der Waals surface area (Å²) in [6.45, 7) is 3.28. The molecule has 1 heterocycles. The Labute approximate surface area is 126 Å². The molecule has 1 aromatic rings. The van der Waals surface area contributed by atoms with E-state index >= 15 is 0 Å². The molecule has 19 heavy (non-hydrogen) atoms. The number of ether oxygens (including phenoxy) is 1. The van der Waals surface area contributed by atoms with Crippen molar-refractivity contribution in [3.63, 3.8) is 0 Å². The van der Waals surface area contributed by atoms with Crippen LogP contribution >= 0.6 is 27.5 Å². The average Bonchev–Trinajstić information content (AvgIpc) is 2.43. The SMILES string of the molecule is Cc1ccc(C(=O)NC2(CBr)CCOCC2)cc1Cl. The maximum absolute atomic E-state index is 12.3. The molecule has 0 unspecified atom stereocenters. The molecule has 0 bridgehead atoms. The molecule has 0 spiro atoms. The Kier molecular flexibility index (Phi) is 4.87. The lowest BCUT2D eigenvalue weighted by Crippen LogP contribution is -2.53. The van der Waals surface area contributed by atoms with Crippen molar-refractivity contribution in [2.75, 3.05) is 18.5 Å². The number of hydrogen-bond acceptors (Lipinski definition) is 2. The van der Waals surface area contributed by atoms with E-state index in [1.54, 1.807) is 12.1 Å². The van der Waals surface area contributed by atoms with E-state index in [0.717, 1.165) is 23.7 Å². The van der Waals surface area contributed by atoms with Gasteiger partial charge in [0.25, 0.3) is 5.91 Å². The lowest BCUT2D eigenvalue weighted by molar-refractivity contribution is 0.0442. The largest absolute Gasteiger partial charge is 0.381 e. The molecule has 1 amide bonds. The van der Waals surface area contributed by atoms with Crippen molar-refractivity contribution in [1.82, 2.24) is 5.32 Å². The Morgan fingerprint density at radius 3 is 2.74 bits per heavy atom. The number of carbonyl (C=O) groups is 1. The van der Waals surface area contributed by atoms with Gasteiger partial charge in [0.1, 0.15) is 0 Å². The van der Waals surface area contributed by atoms with Crippen LogP contribution in [-0.2, 0) is 4.74 Å². The van der Waals surface area contributed by atoms with Gasteiger partial charge in [-0.15, -0.1) is 0 Å². The first kappa shape index (κ1) is 14.8. The molecule has 1 aliphatic rings. The molecule has 5 heteroatoms. The molecule has 104 valence electrons. The topological polar surface area (TPSA) is 38.3 Å². The number of alkyl halides is 1. The van der Waals surface area contributed by atoms with Crippen molar-refractivity contribution in [2.24, 2.45) is 0 Å². The second kappa shape index (κ2) is 6.25. The third-order valence-electron chi connectivity index (χ3n) is 3.52. The number of rotatable bonds is 3. The molecule has 1 N–H and O–H groups in total. The Hall–Kier alpha value is -0.580. The number of halogens is 2. The first-order valence-corrected chi connectivity index (χ1v) is 7.79. The van der Waals surface area contributed by atoms with Crippen molar-refractivity contribution < 1.29 is 9.53 Å². The minimum Gasteiger partial charge on any atom is -0.381 e. The van der Waals surface area contributed by atoms with Gasteiger partial charge in [0.15, 0.2) is 0 Å². The Bertz CT molecular complexity index is 473. The van der Waals surface area contributed by atoms with E-state index in [9.17, 15) is 4.79 Å². The molecule has 3 nitrogen and oxygen atoms in total. The molecule has 1 saturated heterocycles. The maximum Gasteiger partial charge on any atom is 0.251 e. The van der Waals surface area contributed by atoms with Crippen LogP contribution in [0.5, 0.6) is 0 Å². The summed E-state index contributed by atoms with van der Waals surface area (Å²) in [6.07, 6.45) is 1.65. The minimum atomic E-state index is -0.216. The quantitative estimate of drug-likeness (QED) is 0.853. The van der Waals surface area contributed by atoms with Gasteiger partial charge in [-0.1, -0.05) is 33.6 Å². The highest BCUT2D eigenvalue weighted by Crippen LogP contribution is 2.24. The van der Waals surface area contributed by atoms with Crippen molar-refractivity contribution in [3.05, 3.63) is 34.3 Å². The number of aryl methyl sites for hydroxylation is 1. The molecule has 1 aromatic carbocycles. The summed E-state index contributed by atoms with van der Waals surface area (Å²) in [5, 5.41) is 4.47. The van der Waals surface area contributed by atoms with Crippen LogP contribution in [0.15, 0.2) is 18.2 Å². The summed E-state index contributed by atoms with van der Waals surface area (Å²) >= 11 is 9.56. The van der Waals surface area contributed by atoms with Crippen molar-refractivity contribution >= 4 is 33.4 Å². The molecule has 0 saturated carbocycles. The molecule has 2 rings (SSSR count). The van der Waals surface area contributed by atoms with Crippen LogP contribution in [0.25, 0.3) is 0 Å². The standard InChI is InChI=1S/C14H17BrClNO2/c1-10-2-3-11(8-12(10)16)13(18)17-14(9-15)4-6-19-7-5-14/h2-3,8H,4-7,9H2,1H3,(H,17,18). The summed E-state index contributed by atoms with van der Waals surface area (Å²) in [4.78, 5) is 12.3. The summed E-state index contributed by atoms with van der Waals surface area (Å²) in [5.41, 5.74) is 1.36. The molecular formula is C14H17BrClNO2. The van der Waals surface area contributed by atoms with E-state index in [4.69, 9.17) is 16.3 Å². The van der Waals surface area contributed by atoms with E-state index in [0.29, 0.717) is 23.8 Å². The maximum atomic E-state index is 12.3. The predicted molar refractivity (Wildman–Crippen MR) is 80.2 cm³/mol. The molecule has 1 fully saturated rings. The van der Waals surface area contributed by atoms with Gasteiger partial charge in [-0.2, -0.15) is 0 Å². The van der Waals surface area contributed by atoms with E-state index < -0.39 is 0 Å². The van der Waals surface area contributed by atoms with Crippen LogP contribution in [0.2, 0.25) is 5.02 Å². The van der Waals surface area contributed by atoms with Gasteiger partial charge in [-0.3, -0.25) is 4.79 Å². The molecule has 0 atom stereocenters. The van der Waals surface area contributed by atoms with Gasteiger partial charge < -0.3 is 10.1 Å². The zero-order valence-electron chi connectivity index (χ0n) is 10.8. The van der Waals surface area contributed by atoms with E-state index in [1.165, 1.54) is 0 Å². The Balaban J connectivity index is 2.12. The normalized spacial score (nSPS) is 18.1. The first-order chi connectivity index (χ1) is 9.06. The van der Waals surface area contributed by atoms with Crippen LogP contribution in [0.4, 0.5) is 0 Å². The average molecular weight is 347 g/mol. The monoisotopic (exact) mass is 345 g/mol. The zero-order valence-corrected chi connectivity index (χ0v) is 13.2. The van der Waals surface area contributed by atoms with Crippen molar-refractivity contribution in [1.29, 1.82) is 0 Å². The van der Waals surface area contributed by atoms with E-state index in [1.807, 2.05) is 13.0 Å². The zero-order chi connectivity index (χ0) is 13.9. The first-order valence-electron chi connectivity index (χ1n) is 6.29. The van der Waals surface area contributed by atoms with Gasteiger partial charge in [0.05, 0.1) is 5.54 Å².